The molecule has 2 heterocycles. The Morgan fingerprint density at radius 1 is 1.09 bits per heavy atom. The van der Waals surface area contributed by atoms with Gasteiger partial charge in [0.15, 0.2) is 18.1 Å². The normalized spacial score (nSPS) is 20.2. The van der Waals surface area contributed by atoms with Crippen LogP contribution in [0.4, 0.5) is 0 Å². The molecule has 0 saturated carbocycles. The Bertz CT molecular complexity index is 1110. The number of hydrogen-bond acceptors (Lipinski definition) is 9. The van der Waals surface area contributed by atoms with Crippen molar-refractivity contribution in [1.29, 1.82) is 0 Å². The van der Waals surface area contributed by atoms with E-state index < -0.39 is 23.8 Å². The minimum atomic E-state index is -0.992. The zero-order valence-electron chi connectivity index (χ0n) is 20.2. The number of amides is 2. The molecule has 4 rings (SSSR count). The second kappa shape index (κ2) is 10.3. The average Bonchev–Trinajstić information content (AvgIpc) is 3.43. The topological polar surface area (TPSA) is 121 Å². The van der Waals surface area contributed by atoms with Gasteiger partial charge in [-0.3, -0.25) is 14.5 Å². The van der Waals surface area contributed by atoms with Gasteiger partial charge in [-0.15, -0.1) is 0 Å². The minimum absolute atomic E-state index is 0.0639. The number of imide groups is 1. The van der Waals surface area contributed by atoms with Gasteiger partial charge in [0, 0.05) is 5.56 Å². The van der Waals surface area contributed by atoms with Crippen molar-refractivity contribution >= 4 is 17.8 Å². The quantitative estimate of drug-likeness (QED) is 0.301. The van der Waals surface area contributed by atoms with E-state index in [0.717, 1.165) is 4.90 Å². The molecular formula is C25H29N3O7. The highest BCUT2D eigenvalue weighted by molar-refractivity contribution is 6.08. The predicted octanol–water partition coefficient (Wildman–Crippen LogP) is 3.16. The summed E-state index contributed by atoms with van der Waals surface area (Å²) in [4.78, 5) is 44.5. The Morgan fingerprint density at radius 2 is 1.74 bits per heavy atom. The van der Waals surface area contributed by atoms with Gasteiger partial charge in [-0.2, -0.15) is 4.98 Å². The van der Waals surface area contributed by atoms with Crippen LogP contribution in [0.1, 0.15) is 39.0 Å². The summed E-state index contributed by atoms with van der Waals surface area (Å²) in [7, 11) is 3.07. The van der Waals surface area contributed by atoms with Crippen molar-refractivity contribution in [2.24, 2.45) is 17.8 Å². The summed E-state index contributed by atoms with van der Waals surface area (Å²) in [6.07, 6.45) is 5.16. The van der Waals surface area contributed by atoms with Gasteiger partial charge in [-0.1, -0.05) is 31.2 Å². The van der Waals surface area contributed by atoms with Crippen LogP contribution in [0.2, 0.25) is 0 Å². The molecule has 3 atom stereocenters. The van der Waals surface area contributed by atoms with Gasteiger partial charge in [0.1, 0.15) is 6.04 Å². The number of carbonyl (C=O) groups is 3. The molecule has 10 nitrogen and oxygen atoms in total. The lowest BCUT2D eigenvalue weighted by Crippen LogP contribution is -2.47. The van der Waals surface area contributed by atoms with Crippen LogP contribution >= 0.6 is 0 Å². The van der Waals surface area contributed by atoms with E-state index in [2.05, 4.69) is 10.1 Å². The summed E-state index contributed by atoms with van der Waals surface area (Å²) in [5.74, 6) is -0.583. The van der Waals surface area contributed by atoms with E-state index in [-0.39, 0.29) is 36.1 Å². The summed E-state index contributed by atoms with van der Waals surface area (Å²) >= 11 is 0. The Balaban J connectivity index is 1.46. The number of rotatable bonds is 9. The number of methoxy groups -OCH3 is 2. The first-order valence-electron chi connectivity index (χ1n) is 11.6. The molecule has 186 valence electrons. The van der Waals surface area contributed by atoms with Crippen LogP contribution in [-0.2, 0) is 25.7 Å². The Hall–Kier alpha value is -3.69. The molecule has 2 aliphatic rings. The van der Waals surface area contributed by atoms with Crippen molar-refractivity contribution < 1.29 is 33.1 Å². The highest BCUT2D eigenvalue weighted by atomic mass is 16.6. The van der Waals surface area contributed by atoms with E-state index in [9.17, 15) is 14.4 Å². The number of nitrogens with zero attached hydrogens (tertiary/aromatic N) is 3. The molecule has 1 aromatic carbocycles. The van der Waals surface area contributed by atoms with Gasteiger partial charge < -0.3 is 18.7 Å². The average molecular weight is 484 g/mol. The molecule has 0 N–H and O–H groups in total. The summed E-state index contributed by atoms with van der Waals surface area (Å²) in [6.45, 7) is 3.57. The summed E-state index contributed by atoms with van der Waals surface area (Å²) in [5.41, 5.74) is 0.631. The van der Waals surface area contributed by atoms with E-state index in [0.29, 0.717) is 36.3 Å². The maximum Gasteiger partial charge on any atom is 0.329 e. The molecule has 35 heavy (non-hydrogen) atoms. The van der Waals surface area contributed by atoms with Gasteiger partial charge in [-0.05, 0) is 43.4 Å². The monoisotopic (exact) mass is 483 g/mol. The van der Waals surface area contributed by atoms with E-state index in [4.69, 9.17) is 18.7 Å². The number of ether oxygens (including phenoxy) is 3. The van der Waals surface area contributed by atoms with Crippen molar-refractivity contribution in [3.63, 3.8) is 0 Å². The molecule has 2 amide bonds. The number of esters is 1. The number of benzene rings is 1. The molecule has 0 radical (unpaired) electrons. The molecular weight excluding hydrogens is 454 g/mol. The first kappa shape index (κ1) is 24.4. The molecule has 1 aliphatic carbocycles. The number of fused-ring (bicyclic) bond motifs is 1. The standard InChI is InChI=1S/C25H29N3O7/c1-14(2)11-18(28-23(29)16-7-5-6-8-17(16)24(28)30)25(31)34-13-21-26-22(27-35-21)15-9-10-19(32-3)20(12-15)33-4/h5-6,9-10,12,14,16-18H,7-8,11,13H2,1-4H3. The van der Waals surface area contributed by atoms with E-state index in [1.165, 1.54) is 7.11 Å². The van der Waals surface area contributed by atoms with Gasteiger partial charge in [0.25, 0.3) is 5.89 Å². The Morgan fingerprint density at radius 3 is 2.34 bits per heavy atom. The molecule has 0 spiro atoms. The molecule has 10 heteroatoms. The molecule has 1 aliphatic heterocycles. The van der Waals surface area contributed by atoms with Crippen LogP contribution in [-0.4, -0.2) is 53.1 Å². The lowest BCUT2D eigenvalue weighted by atomic mass is 9.85. The van der Waals surface area contributed by atoms with Crippen molar-refractivity contribution in [2.75, 3.05) is 14.2 Å². The van der Waals surface area contributed by atoms with E-state index >= 15 is 0 Å². The number of allylic oxidation sites excluding steroid dienone is 2. The Labute approximate surface area is 203 Å². The number of aromatic nitrogens is 2. The van der Waals surface area contributed by atoms with Crippen LogP contribution < -0.4 is 9.47 Å². The molecule has 1 aromatic heterocycles. The van der Waals surface area contributed by atoms with E-state index in [1.54, 1.807) is 25.3 Å². The second-order valence-electron chi connectivity index (χ2n) is 9.04. The summed E-state index contributed by atoms with van der Waals surface area (Å²) < 4.78 is 21.2. The van der Waals surface area contributed by atoms with Gasteiger partial charge in [-0.25, -0.2) is 4.79 Å². The number of likely N-dealkylation sites (tertiary alicyclic amines) is 1. The third-order valence-corrected chi connectivity index (χ3v) is 6.27. The number of hydrogen-bond donors (Lipinski definition) is 0. The molecule has 1 saturated heterocycles. The second-order valence-corrected chi connectivity index (χ2v) is 9.04. The molecule has 2 aromatic rings. The van der Waals surface area contributed by atoms with Crippen LogP contribution in [0.25, 0.3) is 11.4 Å². The first-order chi connectivity index (χ1) is 16.8. The first-order valence-corrected chi connectivity index (χ1v) is 11.6. The fourth-order valence-electron chi connectivity index (χ4n) is 4.52. The zero-order valence-corrected chi connectivity index (χ0v) is 20.2. The summed E-state index contributed by atoms with van der Waals surface area (Å²) in [5, 5.41) is 3.94. The van der Waals surface area contributed by atoms with Crippen molar-refractivity contribution in [2.45, 2.75) is 45.8 Å². The molecule has 3 unspecified atom stereocenters. The third-order valence-electron chi connectivity index (χ3n) is 6.27. The van der Waals surface area contributed by atoms with Gasteiger partial charge in [0.05, 0.1) is 26.1 Å². The molecule has 0 bridgehead atoms. The zero-order chi connectivity index (χ0) is 25.1. The highest BCUT2D eigenvalue weighted by Gasteiger charge is 2.51. The Kier molecular flexibility index (Phi) is 7.18. The maximum atomic E-state index is 13.1. The molecule has 1 fully saturated rings. The fourth-order valence-corrected chi connectivity index (χ4v) is 4.52. The van der Waals surface area contributed by atoms with Crippen molar-refractivity contribution in [3.05, 3.63) is 36.2 Å². The van der Waals surface area contributed by atoms with Crippen LogP contribution in [0.3, 0.4) is 0 Å². The fraction of sp³-hybridized carbons (Fsp3) is 0.480. The lowest BCUT2D eigenvalue weighted by Gasteiger charge is -2.26. The maximum absolute atomic E-state index is 13.1. The SMILES string of the molecule is COc1ccc(-c2noc(COC(=O)C(CC(C)C)N3C(=O)C4CC=CCC4C3=O)n2)cc1OC. The third kappa shape index (κ3) is 4.91. The smallest absolute Gasteiger partial charge is 0.329 e. The largest absolute Gasteiger partial charge is 0.493 e. The van der Waals surface area contributed by atoms with Gasteiger partial charge >= 0.3 is 5.97 Å². The summed E-state index contributed by atoms with van der Waals surface area (Å²) in [6, 6.07) is 4.18. The number of carbonyl (C=O) groups excluding carboxylic acids is 3. The minimum Gasteiger partial charge on any atom is -0.493 e. The van der Waals surface area contributed by atoms with Crippen molar-refractivity contribution in [3.8, 4) is 22.9 Å². The van der Waals surface area contributed by atoms with E-state index in [1.807, 2.05) is 26.0 Å². The highest BCUT2D eigenvalue weighted by Crippen LogP contribution is 2.37. The van der Waals surface area contributed by atoms with Crippen LogP contribution in [0.15, 0.2) is 34.9 Å². The predicted molar refractivity (Wildman–Crippen MR) is 123 cm³/mol. The van der Waals surface area contributed by atoms with Gasteiger partial charge in [0.2, 0.25) is 17.6 Å². The van der Waals surface area contributed by atoms with Crippen molar-refractivity contribution in [1.82, 2.24) is 15.0 Å². The lowest BCUT2D eigenvalue weighted by molar-refractivity contribution is -0.161. The van der Waals surface area contributed by atoms with Crippen LogP contribution in [0.5, 0.6) is 11.5 Å². The van der Waals surface area contributed by atoms with Crippen LogP contribution in [0, 0.1) is 17.8 Å².